The number of hydrogen-bond acceptors (Lipinski definition) is 9. The van der Waals surface area contributed by atoms with Crippen molar-refractivity contribution < 1.29 is 24.1 Å². The third-order valence-corrected chi connectivity index (χ3v) is 3.48. The number of aliphatic imine (C=N–C) groups is 4. The number of fused-ring (bicyclic) bond motifs is 1. The maximum absolute atomic E-state index is 14.1. The molecule has 9 nitrogen and oxygen atoms in total. The van der Waals surface area contributed by atoms with Gasteiger partial charge in [0.05, 0.1) is 6.61 Å². The monoisotopic (exact) mass is 299 g/mol. The number of halogens is 1. The van der Waals surface area contributed by atoms with Crippen LogP contribution < -0.4 is 5.73 Å². The van der Waals surface area contributed by atoms with Gasteiger partial charge >= 0.3 is 0 Å². The minimum Gasteiger partial charge on any atom is -0.394 e. The van der Waals surface area contributed by atoms with E-state index in [1.807, 2.05) is 0 Å². The Bertz CT molecular complexity index is 577. The molecule has 0 bridgehead atoms. The van der Waals surface area contributed by atoms with Crippen LogP contribution in [0.1, 0.15) is 0 Å². The van der Waals surface area contributed by atoms with E-state index in [2.05, 4.69) is 20.0 Å². The number of alkyl halides is 1. The second kappa shape index (κ2) is 5.00. The van der Waals surface area contributed by atoms with Crippen LogP contribution in [0.2, 0.25) is 0 Å². The first-order valence-corrected chi connectivity index (χ1v) is 6.22. The third-order valence-electron chi connectivity index (χ3n) is 3.48. The average Bonchev–Trinajstić information content (AvgIpc) is 3.06. The highest BCUT2D eigenvalue weighted by Gasteiger charge is 2.49. The minimum atomic E-state index is -1.80. The fourth-order valence-corrected chi connectivity index (χ4v) is 2.30. The highest BCUT2D eigenvalue weighted by molar-refractivity contribution is 6.50. The van der Waals surface area contributed by atoms with Gasteiger partial charge in [-0.25, -0.2) is 24.4 Å². The molecule has 5 atom stereocenters. The van der Waals surface area contributed by atoms with Gasteiger partial charge in [-0.15, -0.1) is 0 Å². The summed E-state index contributed by atoms with van der Waals surface area (Å²) in [6.07, 6.45) is -4.35. The van der Waals surface area contributed by atoms with E-state index in [9.17, 15) is 9.50 Å². The molecule has 3 heterocycles. The van der Waals surface area contributed by atoms with Gasteiger partial charge in [0.25, 0.3) is 5.85 Å². The van der Waals surface area contributed by atoms with Crippen LogP contribution in [-0.2, 0) is 9.47 Å². The molecule has 0 aliphatic carbocycles. The first kappa shape index (κ1) is 14.4. The van der Waals surface area contributed by atoms with Gasteiger partial charge in [-0.3, -0.25) is 5.73 Å². The van der Waals surface area contributed by atoms with Crippen LogP contribution in [0.15, 0.2) is 20.0 Å². The highest BCUT2D eigenvalue weighted by Crippen LogP contribution is 2.28. The number of nitrogens with two attached hydrogens (primary N) is 1. The number of methoxy groups -OCH3 is 1. The molecule has 114 valence electrons. The van der Waals surface area contributed by atoms with Crippen LogP contribution in [0.4, 0.5) is 4.39 Å². The maximum atomic E-state index is 14.1. The van der Waals surface area contributed by atoms with Gasteiger partial charge < -0.3 is 19.7 Å². The first-order valence-electron chi connectivity index (χ1n) is 6.22. The van der Waals surface area contributed by atoms with Crippen molar-refractivity contribution in [2.75, 3.05) is 13.7 Å². The topological polar surface area (TPSA) is 134 Å². The van der Waals surface area contributed by atoms with E-state index in [0.29, 0.717) is 0 Å². The Balaban J connectivity index is 1.96. The summed E-state index contributed by atoms with van der Waals surface area (Å²) in [4.78, 5) is 15.9. The summed E-state index contributed by atoms with van der Waals surface area (Å²) >= 11 is 0. The predicted octanol–water partition coefficient (Wildman–Crippen LogP) is -2.00. The lowest BCUT2D eigenvalue weighted by Gasteiger charge is -2.28. The zero-order chi connectivity index (χ0) is 15.2. The van der Waals surface area contributed by atoms with Crippen molar-refractivity contribution in [1.29, 1.82) is 0 Å². The molecule has 1 saturated heterocycles. The first-order chi connectivity index (χ1) is 10.00. The van der Waals surface area contributed by atoms with E-state index >= 15 is 0 Å². The quantitative estimate of drug-likeness (QED) is 0.518. The van der Waals surface area contributed by atoms with E-state index < -0.39 is 36.9 Å². The minimum absolute atomic E-state index is 0.102. The Kier molecular flexibility index (Phi) is 3.42. The molecule has 0 aromatic heterocycles. The average molecular weight is 299 g/mol. The molecule has 0 aromatic carbocycles. The third kappa shape index (κ3) is 2.12. The number of ether oxygens (including phenoxy) is 2. The Hall–Kier alpha value is -1.59. The van der Waals surface area contributed by atoms with E-state index in [1.165, 1.54) is 13.4 Å². The standard InChI is InChI=1S/C11H14FN5O4/c1-20-11(13)8-10(15-3-14-8)16-9(17-11)7-5(12)6(19)4(2-18)21-7/h3-7,18-19H,2,13H2,1H3/t4-,5+,6-,7?,11?/m1/s1. The molecule has 0 amide bonds. The van der Waals surface area contributed by atoms with E-state index in [-0.39, 0.29) is 17.4 Å². The second-order valence-corrected chi connectivity index (χ2v) is 4.74. The molecule has 4 N–H and O–H groups in total. The van der Waals surface area contributed by atoms with E-state index in [0.717, 1.165) is 0 Å². The molecule has 3 rings (SSSR count). The van der Waals surface area contributed by atoms with Crippen LogP contribution in [0.3, 0.4) is 0 Å². The summed E-state index contributed by atoms with van der Waals surface area (Å²) in [5.41, 5.74) is 6.17. The summed E-state index contributed by atoms with van der Waals surface area (Å²) in [5, 5.41) is 18.7. The molecule has 0 saturated carbocycles. The van der Waals surface area contributed by atoms with Crippen LogP contribution in [0, 0.1) is 0 Å². The van der Waals surface area contributed by atoms with Gasteiger partial charge in [-0.1, -0.05) is 0 Å². The smallest absolute Gasteiger partial charge is 0.263 e. The van der Waals surface area contributed by atoms with Gasteiger partial charge in [0.2, 0.25) is 0 Å². The molecule has 3 aliphatic heterocycles. The van der Waals surface area contributed by atoms with Crippen LogP contribution in [0.25, 0.3) is 0 Å². The Morgan fingerprint density at radius 3 is 2.95 bits per heavy atom. The lowest BCUT2D eigenvalue weighted by atomic mass is 10.1. The zero-order valence-electron chi connectivity index (χ0n) is 11.0. The molecule has 21 heavy (non-hydrogen) atoms. The normalized spacial score (nSPS) is 41.7. The summed E-state index contributed by atoms with van der Waals surface area (Å²) in [5.74, 6) is -1.59. The van der Waals surface area contributed by atoms with Crippen LogP contribution in [-0.4, -0.2) is 78.0 Å². The molecule has 3 aliphatic rings. The van der Waals surface area contributed by atoms with Crippen molar-refractivity contribution in [2.24, 2.45) is 25.7 Å². The molecular weight excluding hydrogens is 285 g/mol. The SMILES string of the molecule is COC1(N)N=C(C2O[C@H](CO)[C@@H](O)[C@@H]2F)N=C2N=CN=C21. The highest BCUT2D eigenvalue weighted by atomic mass is 19.1. The lowest BCUT2D eigenvalue weighted by molar-refractivity contribution is -0.00860. The van der Waals surface area contributed by atoms with Crippen molar-refractivity contribution in [3.63, 3.8) is 0 Å². The van der Waals surface area contributed by atoms with Gasteiger partial charge in [-0.2, -0.15) is 0 Å². The lowest BCUT2D eigenvalue weighted by Crippen LogP contribution is -2.54. The fraction of sp³-hybridized carbons (Fsp3) is 0.636. The molecule has 0 aromatic rings. The second-order valence-electron chi connectivity index (χ2n) is 4.74. The summed E-state index contributed by atoms with van der Waals surface area (Å²) in [7, 11) is 1.32. The summed E-state index contributed by atoms with van der Waals surface area (Å²) < 4.78 is 24.5. The maximum Gasteiger partial charge on any atom is 0.263 e. The van der Waals surface area contributed by atoms with Gasteiger partial charge in [0.1, 0.15) is 18.5 Å². The molecule has 10 heteroatoms. The Morgan fingerprint density at radius 1 is 1.57 bits per heavy atom. The Morgan fingerprint density at radius 2 is 2.33 bits per heavy atom. The molecule has 0 spiro atoms. The van der Waals surface area contributed by atoms with Crippen LogP contribution in [0.5, 0.6) is 0 Å². The number of amidine groups is 2. The van der Waals surface area contributed by atoms with Crippen molar-refractivity contribution in [1.82, 2.24) is 0 Å². The van der Waals surface area contributed by atoms with Crippen molar-refractivity contribution in [3.05, 3.63) is 0 Å². The Labute approximate surface area is 118 Å². The number of hydrogen-bond donors (Lipinski definition) is 3. The van der Waals surface area contributed by atoms with Crippen LogP contribution >= 0.6 is 0 Å². The van der Waals surface area contributed by atoms with Crippen molar-refractivity contribution >= 4 is 23.7 Å². The number of rotatable bonds is 3. The van der Waals surface area contributed by atoms with Gasteiger partial charge in [0.15, 0.2) is 29.7 Å². The zero-order valence-corrected chi connectivity index (χ0v) is 11.0. The van der Waals surface area contributed by atoms with E-state index in [4.69, 9.17) is 20.3 Å². The number of nitrogens with zero attached hydrogens (tertiary/aromatic N) is 4. The molecule has 1 fully saturated rings. The largest absolute Gasteiger partial charge is 0.394 e. The predicted molar refractivity (Wildman–Crippen MR) is 71.4 cm³/mol. The van der Waals surface area contributed by atoms with Crippen molar-refractivity contribution in [2.45, 2.75) is 30.3 Å². The molecule has 0 radical (unpaired) electrons. The van der Waals surface area contributed by atoms with E-state index in [1.54, 1.807) is 0 Å². The molecular formula is C11H14FN5O4. The molecule has 2 unspecified atom stereocenters. The van der Waals surface area contributed by atoms with Crippen molar-refractivity contribution in [3.8, 4) is 0 Å². The number of aliphatic hydroxyl groups excluding tert-OH is 2. The summed E-state index contributed by atoms with van der Waals surface area (Å²) in [6.45, 7) is -0.523. The summed E-state index contributed by atoms with van der Waals surface area (Å²) in [6, 6.07) is 0. The van der Waals surface area contributed by atoms with Gasteiger partial charge in [-0.05, 0) is 0 Å². The fourth-order valence-electron chi connectivity index (χ4n) is 2.30. The van der Waals surface area contributed by atoms with Gasteiger partial charge in [0, 0.05) is 7.11 Å². The number of aliphatic hydroxyl groups is 2.